The van der Waals surface area contributed by atoms with Gasteiger partial charge in [0.1, 0.15) is 18.0 Å². The van der Waals surface area contributed by atoms with Gasteiger partial charge in [-0.15, -0.1) is 0 Å². The van der Waals surface area contributed by atoms with Crippen molar-refractivity contribution in [2.45, 2.75) is 18.7 Å². The first-order valence-electron chi connectivity index (χ1n) is 6.08. The predicted molar refractivity (Wildman–Crippen MR) is 65.6 cm³/mol. The Bertz CT molecular complexity index is 553. The van der Waals surface area contributed by atoms with Crippen LogP contribution in [0.4, 0.5) is 23.2 Å². The van der Waals surface area contributed by atoms with Gasteiger partial charge in [0.05, 0.1) is 11.3 Å². The van der Waals surface area contributed by atoms with Crippen molar-refractivity contribution in [3.8, 4) is 0 Å². The van der Waals surface area contributed by atoms with Gasteiger partial charge in [0, 0.05) is 13.1 Å². The highest BCUT2D eigenvalue weighted by Gasteiger charge is 2.41. The van der Waals surface area contributed by atoms with Crippen LogP contribution in [0.1, 0.15) is 12.5 Å². The lowest BCUT2D eigenvalue weighted by Gasteiger charge is -2.48. The number of hydrogen-bond acceptors (Lipinski definition) is 3. The second kappa shape index (κ2) is 5.18. The van der Waals surface area contributed by atoms with E-state index in [0.717, 1.165) is 12.1 Å². The average molecular weight is 307 g/mol. The van der Waals surface area contributed by atoms with Crippen molar-refractivity contribution in [3.63, 3.8) is 0 Å². The minimum atomic E-state index is -4.59. The molecule has 0 atom stereocenters. The SMILES string of the molecule is CC1(OCC(=O)O)CN(c2ccc(C(F)(F)F)cc2F)C1. The maximum Gasteiger partial charge on any atom is 0.416 e. The molecule has 0 aliphatic carbocycles. The standard InChI is InChI=1S/C13H13F4NO3/c1-12(21-5-11(19)20)6-18(7-12)10-3-2-8(4-9(10)14)13(15,16)17/h2-4H,5-7H2,1H3,(H,19,20). The summed E-state index contributed by atoms with van der Waals surface area (Å²) in [5.74, 6) is -2.08. The molecule has 116 valence electrons. The summed E-state index contributed by atoms with van der Waals surface area (Å²) in [5.41, 5.74) is -1.75. The lowest BCUT2D eigenvalue weighted by Crippen LogP contribution is -2.62. The topological polar surface area (TPSA) is 49.8 Å². The summed E-state index contributed by atoms with van der Waals surface area (Å²) in [7, 11) is 0. The van der Waals surface area contributed by atoms with Crippen LogP contribution in [-0.2, 0) is 15.7 Å². The first-order chi connectivity index (χ1) is 9.61. The summed E-state index contributed by atoms with van der Waals surface area (Å²) >= 11 is 0. The number of benzene rings is 1. The summed E-state index contributed by atoms with van der Waals surface area (Å²) in [6.45, 7) is 1.61. The number of carboxylic acid groups (broad SMARTS) is 1. The quantitative estimate of drug-likeness (QED) is 0.869. The van der Waals surface area contributed by atoms with E-state index in [-0.39, 0.29) is 18.8 Å². The molecule has 1 saturated heterocycles. The van der Waals surface area contributed by atoms with E-state index in [2.05, 4.69) is 0 Å². The molecular formula is C13H13F4NO3. The fraction of sp³-hybridized carbons (Fsp3) is 0.462. The zero-order valence-electron chi connectivity index (χ0n) is 11.1. The monoisotopic (exact) mass is 307 g/mol. The average Bonchev–Trinajstić information content (AvgIpc) is 2.32. The number of halogens is 4. The van der Waals surface area contributed by atoms with Crippen molar-refractivity contribution in [2.75, 3.05) is 24.6 Å². The fourth-order valence-electron chi connectivity index (χ4n) is 2.20. The molecule has 0 unspecified atom stereocenters. The zero-order valence-corrected chi connectivity index (χ0v) is 11.1. The first kappa shape index (κ1) is 15.6. The Morgan fingerprint density at radius 1 is 1.43 bits per heavy atom. The molecule has 21 heavy (non-hydrogen) atoms. The van der Waals surface area contributed by atoms with Crippen molar-refractivity contribution in [2.24, 2.45) is 0 Å². The molecule has 0 amide bonds. The van der Waals surface area contributed by atoms with Gasteiger partial charge < -0.3 is 14.7 Å². The maximum absolute atomic E-state index is 13.7. The van der Waals surface area contributed by atoms with Crippen molar-refractivity contribution < 1.29 is 32.2 Å². The van der Waals surface area contributed by atoms with Gasteiger partial charge in [-0.05, 0) is 25.1 Å². The molecular weight excluding hydrogens is 294 g/mol. The molecule has 1 aromatic rings. The number of rotatable bonds is 4. The number of nitrogens with zero attached hydrogens (tertiary/aromatic N) is 1. The number of hydrogen-bond donors (Lipinski definition) is 1. The van der Waals surface area contributed by atoms with E-state index in [1.807, 2.05) is 0 Å². The van der Waals surface area contributed by atoms with Crippen LogP contribution >= 0.6 is 0 Å². The Labute approximate surface area is 117 Å². The van der Waals surface area contributed by atoms with Crippen LogP contribution in [0.25, 0.3) is 0 Å². The Morgan fingerprint density at radius 3 is 2.52 bits per heavy atom. The van der Waals surface area contributed by atoms with Crippen LogP contribution in [0.5, 0.6) is 0 Å². The van der Waals surface area contributed by atoms with Crippen LogP contribution < -0.4 is 4.90 Å². The summed E-state index contributed by atoms with van der Waals surface area (Å²) in [4.78, 5) is 11.9. The number of anilines is 1. The molecule has 0 saturated carbocycles. The molecule has 0 bridgehead atoms. The third-order valence-corrected chi connectivity index (χ3v) is 3.21. The van der Waals surface area contributed by atoms with Crippen LogP contribution in [0.3, 0.4) is 0 Å². The summed E-state index contributed by atoms with van der Waals surface area (Å²) in [5, 5.41) is 8.53. The number of carboxylic acids is 1. The molecule has 0 radical (unpaired) electrons. The zero-order chi connectivity index (χ0) is 15.8. The number of alkyl halides is 3. The minimum Gasteiger partial charge on any atom is -0.480 e. The summed E-state index contributed by atoms with van der Waals surface area (Å²) < 4.78 is 56.2. The normalized spacial score (nSPS) is 17.5. The van der Waals surface area contributed by atoms with Crippen molar-refractivity contribution in [1.82, 2.24) is 0 Å². The minimum absolute atomic E-state index is 0.0411. The van der Waals surface area contributed by atoms with E-state index in [1.165, 1.54) is 4.90 Å². The number of carbonyl (C=O) groups is 1. The van der Waals surface area contributed by atoms with Gasteiger partial charge in [0.15, 0.2) is 0 Å². The van der Waals surface area contributed by atoms with Crippen molar-refractivity contribution in [1.29, 1.82) is 0 Å². The van der Waals surface area contributed by atoms with E-state index in [9.17, 15) is 22.4 Å². The Kier molecular flexibility index (Phi) is 3.83. The van der Waals surface area contributed by atoms with E-state index in [0.29, 0.717) is 6.07 Å². The molecule has 1 aliphatic rings. The van der Waals surface area contributed by atoms with Crippen LogP contribution in [0.2, 0.25) is 0 Å². The third-order valence-electron chi connectivity index (χ3n) is 3.21. The van der Waals surface area contributed by atoms with E-state index >= 15 is 0 Å². The van der Waals surface area contributed by atoms with E-state index in [4.69, 9.17) is 9.84 Å². The van der Waals surface area contributed by atoms with Gasteiger partial charge in [-0.25, -0.2) is 9.18 Å². The predicted octanol–water partition coefficient (Wildman–Crippen LogP) is 2.52. The molecule has 1 N–H and O–H groups in total. The third kappa shape index (κ3) is 3.44. The van der Waals surface area contributed by atoms with Crippen LogP contribution in [0, 0.1) is 5.82 Å². The number of ether oxygens (including phenoxy) is 1. The van der Waals surface area contributed by atoms with Crippen LogP contribution in [-0.4, -0.2) is 36.4 Å². The second-order valence-corrected chi connectivity index (χ2v) is 5.15. The fourth-order valence-corrected chi connectivity index (χ4v) is 2.20. The Balaban J connectivity index is 2.04. The van der Waals surface area contributed by atoms with E-state index < -0.39 is 35.7 Å². The van der Waals surface area contributed by atoms with Crippen LogP contribution in [0.15, 0.2) is 18.2 Å². The Hall–Kier alpha value is -1.83. The van der Waals surface area contributed by atoms with Gasteiger partial charge in [-0.2, -0.15) is 13.2 Å². The molecule has 1 heterocycles. The van der Waals surface area contributed by atoms with Gasteiger partial charge in [-0.1, -0.05) is 0 Å². The molecule has 0 aromatic heterocycles. The van der Waals surface area contributed by atoms with Crippen molar-refractivity contribution in [3.05, 3.63) is 29.6 Å². The van der Waals surface area contributed by atoms with Gasteiger partial charge >= 0.3 is 12.1 Å². The smallest absolute Gasteiger partial charge is 0.416 e. The van der Waals surface area contributed by atoms with E-state index in [1.54, 1.807) is 6.92 Å². The molecule has 1 aliphatic heterocycles. The lowest BCUT2D eigenvalue weighted by molar-refractivity contribution is -0.150. The summed E-state index contributed by atoms with van der Waals surface area (Å²) in [6, 6.07) is 2.32. The molecule has 2 rings (SSSR count). The highest BCUT2D eigenvalue weighted by atomic mass is 19.4. The molecule has 1 fully saturated rings. The van der Waals surface area contributed by atoms with Gasteiger partial charge in [0.25, 0.3) is 0 Å². The van der Waals surface area contributed by atoms with Crippen molar-refractivity contribution >= 4 is 11.7 Å². The lowest BCUT2D eigenvalue weighted by atomic mass is 9.95. The molecule has 8 heteroatoms. The second-order valence-electron chi connectivity index (χ2n) is 5.15. The Morgan fingerprint density at radius 2 is 2.05 bits per heavy atom. The highest BCUT2D eigenvalue weighted by molar-refractivity contribution is 5.68. The summed E-state index contributed by atoms with van der Waals surface area (Å²) in [6.07, 6.45) is -4.59. The molecule has 1 aromatic carbocycles. The first-order valence-corrected chi connectivity index (χ1v) is 6.08. The maximum atomic E-state index is 13.7. The molecule has 4 nitrogen and oxygen atoms in total. The largest absolute Gasteiger partial charge is 0.480 e. The highest BCUT2D eigenvalue weighted by Crippen LogP contribution is 2.35. The molecule has 0 spiro atoms. The van der Waals surface area contributed by atoms with Gasteiger partial charge in [0.2, 0.25) is 0 Å². The number of aliphatic carboxylic acids is 1. The van der Waals surface area contributed by atoms with Gasteiger partial charge in [-0.3, -0.25) is 0 Å².